The minimum atomic E-state index is 0.261. The number of nitrogens with one attached hydrogen (secondary N) is 1. The first-order chi connectivity index (χ1) is 8.42. The van der Waals surface area contributed by atoms with Crippen molar-refractivity contribution in [1.82, 2.24) is 5.32 Å². The summed E-state index contributed by atoms with van der Waals surface area (Å²) >= 11 is 0. The lowest BCUT2D eigenvalue weighted by molar-refractivity contribution is 0.286. The summed E-state index contributed by atoms with van der Waals surface area (Å²) in [5, 5.41) is 3.69. The molecule has 0 fully saturated rings. The average molecular weight is 255 g/mol. The van der Waals surface area contributed by atoms with Gasteiger partial charge in [0.1, 0.15) is 0 Å². The van der Waals surface area contributed by atoms with Crippen LogP contribution < -0.4 is 5.32 Å². The molecule has 0 amide bonds. The van der Waals surface area contributed by atoms with Gasteiger partial charge in [-0.1, -0.05) is 52.9 Å². The second-order valence-electron chi connectivity index (χ2n) is 6.94. The highest BCUT2D eigenvalue weighted by atomic mass is 14.9. The third-order valence-corrected chi connectivity index (χ3v) is 3.83. The van der Waals surface area contributed by atoms with Gasteiger partial charge < -0.3 is 5.32 Å². The summed E-state index contributed by atoms with van der Waals surface area (Å²) in [5.74, 6) is 1.82. The Morgan fingerprint density at radius 3 is 2.00 bits per heavy atom. The maximum atomic E-state index is 3.69. The predicted molar refractivity (Wildman–Crippen MR) is 84.1 cm³/mol. The molecule has 0 aliphatic heterocycles. The maximum absolute atomic E-state index is 3.69. The van der Waals surface area contributed by atoms with E-state index in [1.807, 2.05) is 0 Å². The van der Waals surface area contributed by atoms with E-state index in [4.69, 9.17) is 0 Å². The van der Waals surface area contributed by atoms with Crippen molar-refractivity contribution >= 4 is 0 Å². The van der Waals surface area contributed by atoms with Gasteiger partial charge in [-0.25, -0.2) is 0 Å². The lowest BCUT2D eigenvalue weighted by atomic mass is 9.86. The van der Waals surface area contributed by atoms with Crippen LogP contribution in [0.4, 0.5) is 0 Å². The molecule has 0 saturated heterocycles. The minimum Gasteiger partial charge on any atom is -0.312 e. The monoisotopic (exact) mass is 255 g/mol. The van der Waals surface area contributed by atoms with Gasteiger partial charge in [0, 0.05) is 5.54 Å². The topological polar surface area (TPSA) is 12.0 Å². The fourth-order valence-corrected chi connectivity index (χ4v) is 2.61. The third kappa shape index (κ3) is 9.94. The van der Waals surface area contributed by atoms with Crippen molar-refractivity contribution in [1.29, 1.82) is 0 Å². The molecule has 2 unspecified atom stereocenters. The Morgan fingerprint density at radius 1 is 0.889 bits per heavy atom. The Hall–Kier alpha value is -0.0400. The number of hydrogen-bond acceptors (Lipinski definition) is 1. The Bertz CT molecular complexity index is 181. The van der Waals surface area contributed by atoms with Crippen molar-refractivity contribution in [2.24, 2.45) is 11.8 Å². The predicted octanol–water partition coefficient (Wildman–Crippen LogP) is 5.40. The lowest BCUT2D eigenvalue weighted by Crippen LogP contribution is -2.39. The Kier molecular flexibility index (Phi) is 9.81. The third-order valence-electron chi connectivity index (χ3n) is 3.83. The highest BCUT2D eigenvalue weighted by molar-refractivity contribution is 4.75. The summed E-state index contributed by atoms with van der Waals surface area (Å²) in [5.41, 5.74) is 0.261. The molecular weight excluding hydrogens is 218 g/mol. The number of hydrogen-bond donors (Lipinski definition) is 1. The molecular formula is C17H37N. The summed E-state index contributed by atoms with van der Waals surface area (Å²) in [6.07, 6.45) is 9.66. The van der Waals surface area contributed by atoms with Crippen molar-refractivity contribution in [3.63, 3.8) is 0 Å². The quantitative estimate of drug-likeness (QED) is 0.551. The van der Waals surface area contributed by atoms with E-state index in [2.05, 4.69) is 46.9 Å². The van der Waals surface area contributed by atoms with Crippen molar-refractivity contribution in [2.45, 2.75) is 92.0 Å². The van der Waals surface area contributed by atoms with E-state index < -0.39 is 0 Å². The number of rotatable bonds is 10. The molecule has 0 heterocycles. The van der Waals surface area contributed by atoms with E-state index in [0.29, 0.717) is 0 Å². The van der Waals surface area contributed by atoms with Crippen LogP contribution in [0.15, 0.2) is 0 Å². The molecule has 1 heteroatoms. The SMILES string of the molecule is CCCCC(CC)CC(CCC)CNC(C)(C)C. The first kappa shape index (κ1) is 18.0. The van der Waals surface area contributed by atoms with Crippen molar-refractivity contribution in [3.8, 4) is 0 Å². The van der Waals surface area contributed by atoms with E-state index in [1.165, 1.54) is 51.5 Å². The Labute approximate surface area is 116 Å². The van der Waals surface area contributed by atoms with Gasteiger partial charge in [0.2, 0.25) is 0 Å². The molecule has 0 saturated carbocycles. The second kappa shape index (κ2) is 9.83. The summed E-state index contributed by atoms with van der Waals surface area (Å²) < 4.78 is 0. The molecule has 0 bridgehead atoms. The first-order valence-electron chi connectivity index (χ1n) is 8.17. The molecule has 1 N–H and O–H groups in total. The molecule has 110 valence electrons. The first-order valence-corrected chi connectivity index (χ1v) is 8.17. The minimum absolute atomic E-state index is 0.261. The smallest absolute Gasteiger partial charge is 0.00966 e. The van der Waals surface area contributed by atoms with Crippen LogP contribution in [0.5, 0.6) is 0 Å². The van der Waals surface area contributed by atoms with Gasteiger partial charge >= 0.3 is 0 Å². The van der Waals surface area contributed by atoms with Gasteiger partial charge in [0.05, 0.1) is 0 Å². The fourth-order valence-electron chi connectivity index (χ4n) is 2.61. The van der Waals surface area contributed by atoms with Crippen molar-refractivity contribution < 1.29 is 0 Å². The van der Waals surface area contributed by atoms with Crippen molar-refractivity contribution in [2.75, 3.05) is 6.54 Å². The molecule has 1 nitrogen and oxygen atoms in total. The van der Waals surface area contributed by atoms with Crippen LogP contribution in [0.3, 0.4) is 0 Å². The second-order valence-corrected chi connectivity index (χ2v) is 6.94. The molecule has 18 heavy (non-hydrogen) atoms. The highest BCUT2D eigenvalue weighted by Crippen LogP contribution is 2.24. The van der Waals surface area contributed by atoms with Crippen LogP contribution in [-0.4, -0.2) is 12.1 Å². The van der Waals surface area contributed by atoms with E-state index in [1.54, 1.807) is 0 Å². The van der Waals surface area contributed by atoms with Gasteiger partial charge in [-0.3, -0.25) is 0 Å². The Balaban J connectivity index is 4.13. The zero-order valence-corrected chi connectivity index (χ0v) is 13.8. The van der Waals surface area contributed by atoms with Crippen LogP contribution in [0.2, 0.25) is 0 Å². The maximum Gasteiger partial charge on any atom is 0.00966 e. The molecule has 0 spiro atoms. The standard InChI is InChI=1S/C17H37N/c1-7-10-12-15(9-3)13-16(11-8-2)14-18-17(4,5)6/h15-16,18H,7-14H2,1-6H3. The zero-order chi connectivity index (χ0) is 14.0. The van der Waals surface area contributed by atoms with Gasteiger partial charge in [0.15, 0.2) is 0 Å². The van der Waals surface area contributed by atoms with E-state index in [0.717, 1.165) is 11.8 Å². The molecule has 2 atom stereocenters. The van der Waals surface area contributed by atoms with E-state index in [9.17, 15) is 0 Å². The summed E-state index contributed by atoms with van der Waals surface area (Å²) in [7, 11) is 0. The molecule has 0 aromatic carbocycles. The molecule has 0 aliphatic rings. The van der Waals surface area contributed by atoms with E-state index >= 15 is 0 Å². The van der Waals surface area contributed by atoms with Crippen LogP contribution in [0.25, 0.3) is 0 Å². The molecule has 0 radical (unpaired) electrons. The summed E-state index contributed by atoms with van der Waals surface area (Å²) in [6, 6.07) is 0. The van der Waals surface area contributed by atoms with Crippen LogP contribution in [0.1, 0.15) is 86.5 Å². The molecule has 0 aliphatic carbocycles. The number of unbranched alkanes of at least 4 members (excludes halogenated alkanes) is 1. The van der Waals surface area contributed by atoms with Gasteiger partial charge in [-0.05, 0) is 52.0 Å². The molecule has 0 rings (SSSR count). The summed E-state index contributed by atoms with van der Waals surface area (Å²) in [6.45, 7) is 15.0. The normalized spacial score (nSPS) is 15.7. The highest BCUT2D eigenvalue weighted by Gasteiger charge is 2.17. The van der Waals surface area contributed by atoms with Gasteiger partial charge in [-0.15, -0.1) is 0 Å². The molecule has 0 aromatic heterocycles. The summed E-state index contributed by atoms with van der Waals surface area (Å²) in [4.78, 5) is 0. The van der Waals surface area contributed by atoms with Crippen LogP contribution in [-0.2, 0) is 0 Å². The van der Waals surface area contributed by atoms with Gasteiger partial charge in [-0.2, -0.15) is 0 Å². The largest absolute Gasteiger partial charge is 0.312 e. The van der Waals surface area contributed by atoms with Crippen LogP contribution in [0, 0.1) is 11.8 Å². The van der Waals surface area contributed by atoms with Gasteiger partial charge in [0.25, 0.3) is 0 Å². The van der Waals surface area contributed by atoms with Crippen LogP contribution >= 0.6 is 0 Å². The zero-order valence-electron chi connectivity index (χ0n) is 13.8. The van der Waals surface area contributed by atoms with Crippen molar-refractivity contribution in [3.05, 3.63) is 0 Å². The Morgan fingerprint density at radius 2 is 1.56 bits per heavy atom. The fraction of sp³-hybridized carbons (Fsp3) is 1.00. The average Bonchev–Trinajstić information content (AvgIpc) is 2.30. The molecule has 0 aromatic rings. The lowest BCUT2D eigenvalue weighted by Gasteiger charge is -2.27. The van der Waals surface area contributed by atoms with E-state index in [-0.39, 0.29) is 5.54 Å².